The summed E-state index contributed by atoms with van der Waals surface area (Å²) >= 11 is 0. The zero-order valence-corrected chi connectivity index (χ0v) is 17.5. The van der Waals surface area contributed by atoms with E-state index in [4.69, 9.17) is 10.5 Å². The van der Waals surface area contributed by atoms with Crippen LogP contribution in [0.2, 0.25) is 0 Å². The number of hydrogen-bond acceptors (Lipinski definition) is 6. The Morgan fingerprint density at radius 2 is 1.73 bits per heavy atom. The lowest BCUT2D eigenvalue weighted by atomic mass is 9.92. The van der Waals surface area contributed by atoms with Crippen molar-refractivity contribution >= 4 is 22.0 Å². The van der Waals surface area contributed by atoms with Gasteiger partial charge in [-0.1, -0.05) is 17.7 Å². The van der Waals surface area contributed by atoms with Gasteiger partial charge in [0.05, 0.1) is 6.54 Å². The Kier molecular flexibility index (Phi) is 6.25. The molecule has 0 bridgehead atoms. The number of carbonyl (C=O) groups excluding carboxylic acids is 1. The number of ether oxygens (including phenoxy) is 1. The Morgan fingerprint density at radius 3 is 2.27 bits per heavy atom. The van der Waals surface area contributed by atoms with Gasteiger partial charge in [0, 0.05) is 19.6 Å². The monoisotopic (exact) mass is 441 g/mol. The summed E-state index contributed by atoms with van der Waals surface area (Å²) in [6.07, 6.45) is 0.514. The summed E-state index contributed by atoms with van der Waals surface area (Å²) in [5, 5.41) is 18.6. The number of likely N-dealkylation sites (tertiary alicyclic amines) is 1. The third-order valence-corrected chi connectivity index (χ3v) is 8.18. The first-order valence-corrected chi connectivity index (χ1v) is 11.3. The summed E-state index contributed by atoms with van der Waals surface area (Å²) in [5.41, 5.74) is 3.67. The van der Waals surface area contributed by atoms with Crippen molar-refractivity contribution in [2.24, 2.45) is 5.73 Å². The van der Waals surface area contributed by atoms with Gasteiger partial charge < -0.3 is 25.6 Å². The number of β-amino-alcohol motifs (C(OH)–C–C–N with tert-alkyl or cyclic N) is 1. The van der Waals surface area contributed by atoms with Crippen LogP contribution in [0.25, 0.3) is 0 Å². The SMILES string of the molecule is Cc1ccc(OC2CCN(S(=O)(=O)C3CCN(C(N)=O)CC3(O)C(=O)O)CC2)cc1. The number of amides is 2. The molecule has 2 heterocycles. The van der Waals surface area contributed by atoms with E-state index in [1.54, 1.807) is 0 Å². The van der Waals surface area contributed by atoms with Gasteiger partial charge in [-0.15, -0.1) is 0 Å². The van der Waals surface area contributed by atoms with Crippen molar-refractivity contribution in [2.75, 3.05) is 26.2 Å². The predicted molar refractivity (Wildman–Crippen MR) is 107 cm³/mol. The van der Waals surface area contributed by atoms with Crippen LogP contribution in [0.5, 0.6) is 5.75 Å². The molecule has 0 saturated carbocycles. The van der Waals surface area contributed by atoms with Gasteiger partial charge in [0.25, 0.3) is 0 Å². The third-order valence-electron chi connectivity index (χ3n) is 5.75. The molecule has 1 aromatic rings. The largest absolute Gasteiger partial charge is 0.490 e. The van der Waals surface area contributed by atoms with Crippen LogP contribution in [0, 0.1) is 6.92 Å². The Balaban J connectivity index is 1.69. The lowest BCUT2D eigenvalue weighted by Gasteiger charge is -2.43. The van der Waals surface area contributed by atoms with Crippen LogP contribution in [0.3, 0.4) is 0 Å². The lowest BCUT2D eigenvalue weighted by molar-refractivity contribution is -0.162. The van der Waals surface area contributed by atoms with E-state index >= 15 is 0 Å². The summed E-state index contributed by atoms with van der Waals surface area (Å²) < 4.78 is 33.5. The van der Waals surface area contributed by atoms with Crippen LogP contribution < -0.4 is 10.5 Å². The van der Waals surface area contributed by atoms with Crippen LogP contribution in [0.1, 0.15) is 24.8 Å². The minimum Gasteiger partial charge on any atom is -0.490 e. The predicted octanol–water partition coefficient (Wildman–Crippen LogP) is 0.137. The normalized spacial score (nSPS) is 26.3. The smallest absolute Gasteiger partial charge is 0.339 e. The first-order chi connectivity index (χ1) is 14.0. The highest BCUT2D eigenvalue weighted by Gasteiger charge is 2.56. The molecular weight excluding hydrogens is 414 g/mol. The number of carbonyl (C=O) groups is 2. The molecule has 0 aromatic heterocycles. The highest BCUT2D eigenvalue weighted by Crippen LogP contribution is 2.32. The molecule has 3 rings (SSSR count). The number of urea groups is 1. The molecule has 30 heavy (non-hydrogen) atoms. The van der Waals surface area contributed by atoms with Crippen molar-refractivity contribution in [3.05, 3.63) is 29.8 Å². The van der Waals surface area contributed by atoms with Crippen molar-refractivity contribution in [1.82, 2.24) is 9.21 Å². The molecule has 166 valence electrons. The molecule has 2 saturated heterocycles. The van der Waals surface area contributed by atoms with E-state index in [-0.39, 0.29) is 32.2 Å². The van der Waals surface area contributed by atoms with E-state index in [1.165, 1.54) is 4.31 Å². The van der Waals surface area contributed by atoms with Gasteiger partial charge in [-0.25, -0.2) is 22.3 Å². The maximum Gasteiger partial charge on any atom is 0.339 e. The molecule has 2 aliphatic rings. The number of rotatable bonds is 5. The van der Waals surface area contributed by atoms with Crippen LogP contribution in [0.15, 0.2) is 24.3 Å². The number of piperidine rings is 2. The van der Waals surface area contributed by atoms with E-state index in [9.17, 15) is 28.2 Å². The number of primary amides is 1. The van der Waals surface area contributed by atoms with Crippen molar-refractivity contribution in [3.8, 4) is 5.75 Å². The van der Waals surface area contributed by atoms with Gasteiger partial charge in [0.2, 0.25) is 10.0 Å². The number of carboxylic acids is 1. The molecule has 2 aliphatic heterocycles. The number of nitrogens with two attached hydrogens (primary N) is 1. The first-order valence-electron chi connectivity index (χ1n) is 9.76. The highest BCUT2D eigenvalue weighted by atomic mass is 32.2. The number of sulfonamides is 1. The molecular formula is C19H27N3O7S. The fourth-order valence-electron chi connectivity index (χ4n) is 3.97. The molecule has 2 unspecified atom stereocenters. The standard InChI is InChI=1S/C19H27N3O7S/c1-13-2-4-14(5-3-13)29-15-6-10-22(11-7-15)30(27,28)16-8-9-21(18(20)25)12-19(16,26)17(23)24/h2-5,15-16,26H,6-12H2,1H3,(H2,20,25)(H,23,24). The number of hydrogen-bond donors (Lipinski definition) is 3. The van der Waals surface area contributed by atoms with Crippen LogP contribution in [-0.2, 0) is 14.8 Å². The van der Waals surface area contributed by atoms with E-state index in [0.29, 0.717) is 18.6 Å². The van der Waals surface area contributed by atoms with E-state index < -0.39 is 39.4 Å². The van der Waals surface area contributed by atoms with Gasteiger partial charge in [-0.2, -0.15) is 0 Å². The maximum atomic E-state index is 13.2. The van der Waals surface area contributed by atoms with Crippen molar-refractivity contribution < 1.29 is 33.0 Å². The third kappa shape index (κ3) is 4.37. The van der Waals surface area contributed by atoms with Crippen LogP contribution in [0.4, 0.5) is 4.79 Å². The Bertz CT molecular complexity index is 897. The zero-order valence-electron chi connectivity index (χ0n) is 16.7. The molecule has 0 spiro atoms. The number of aliphatic carboxylic acids is 1. The van der Waals surface area contributed by atoms with Crippen molar-refractivity contribution in [1.29, 1.82) is 0 Å². The average molecular weight is 442 g/mol. The number of aliphatic hydroxyl groups is 1. The molecule has 10 nitrogen and oxygen atoms in total. The molecule has 2 atom stereocenters. The number of carboxylic acid groups (broad SMARTS) is 1. The van der Waals surface area contributed by atoms with Gasteiger partial charge in [-0.05, 0) is 38.3 Å². The highest BCUT2D eigenvalue weighted by molar-refractivity contribution is 7.89. The molecule has 1 aromatic carbocycles. The van der Waals surface area contributed by atoms with E-state index in [0.717, 1.165) is 10.5 Å². The first kappa shape index (κ1) is 22.3. The summed E-state index contributed by atoms with van der Waals surface area (Å²) in [4.78, 5) is 24.1. The number of benzene rings is 1. The topological polar surface area (TPSA) is 150 Å². The van der Waals surface area contributed by atoms with Gasteiger partial charge in [0.15, 0.2) is 5.60 Å². The maximum absolute atomic E-state index is 13.2. The average Bonchev–Trinajstić information content (AvgIpc) is 2.69. The Morgan fingerprint density at radius 1 is 1.13 bits per heavy atom. The second kappa shape index (κ2) is 8.40. The van der Waals surface area contributed by atoms with Gasteiger partial charge >= 0.3 is 12.0 Å². The summed E-state index contributed by atoms with van der Waals surface area (Å²) in [6, 6.07) is 6.68. The minimum atomic E-state index is -4.12. The molecule has 0 aliphatic carbocycles. The summed E-state index contributed by atoms with van der Waals surface area (Å²) in [5.74, 6) is -0.986. The van der Waals surface area contributed by atoms with E-state index in [1.807, 2.05) is 31.2 Å². The second-order valence-corrected chi connectivity index (χ2v) is 9.96. The molecule has 2 amide bonds. The quantitative estimate of drug-likeness (QED) is 0.588. The van der Waals surface area contributed by atoms with Crippen LogP contribution in [-0.4, -0.2) is 83.0 Å². The minimum absolute atomic E-state index is 0.0399. The Labute approximate surface area is 175 Å². The fraction of sp³-hybridized carbons (Fsp3) is 0.579. The lowest BCUT2D eigenvalue weighted by Crippen LogP contribution is -2.67. The Hall–Kier alpha value is -2.37. The molecule has 4 N–H and O–H groups in total. The number of nitrogens with zero attached hydrogens (tertiary/aromatic N) is 2. The molecule has 2 fully saturated rings. The van der Waals surface area contributed by atoms with Gasteiger partial charge in [-0.3, -0.25) is 0 Å². The second-order valence-electron chi connectivity index (χ2n) is 7.84. The van der Waals surface area contributed by atoms with E-state index in [2.05, 4.69) is 0 Å². The van der Waals surface area contributed by atoms with Crippen molar-refractivity contribution in [2.45, 2.75) is 43.1 Å². The molecule has 0 radical (unpaired) electrons. The zero-order chi connectivity index (χ0) is 22.1. The molecule has 11 heteroatoms. The fourth-order valence-corrected chi connectivity index (χ4v) is 6.12. The van der Waals surface area contributed by atoms with Gasteiger partial charge in [0.1, 0.15) is 17.1 Å². The summed E-state index contributed by atoms with van der Waals surface area (Å²) in [7, 11) is -4.12. The van der Waals surface area contributed by atoms with Crippen molar-refractivity contribution in [3.63, 3.8) is 0 Å². The van der Waals surface area contributed by atoms with Crippen LogP contribution >= 0.6 is 0 Å². The summed E-state index contributed by atoms with van der Waals surface area (Å²) in [6.45, 7) is 1.57. The number of aryl methyl sites for hydroxylation is 1.